The number of hydrogen-bond acceptors (Lipinski definition) is 3. The van der Waals surface area contributed by atoms with Gasteiger partial charge in [-0.2, -0.15) is 0 Å². The standard InChI is InChI=1S/C14H14N2OS/c1-17-12-5-3-2-4-10(12)11-8-13(18)16-14(15-11)9-6-7-9/h2-5,8-9H,6-7H2,1H3,(H,15,16,18). The summed E-state index contributed by atoms with van der Waals surface area (Å²) in [6.45, 7) is 0. The molecular formula is C14H14N2OS. The summed E-state index contributed by atoms with van der Waals surface area (Å²) in [6.07, 6.45) is 2.40. The molecule has 0 spiro atoms. The summed E-state index contributed by atoms with van der Waals surface area (Å²) in [6, 6.07) is 9.81. The Labute approximate surface area is 111 Å². The number of H-pyrrole nitrogens is 1. The highest BCUT2D eigenvalue weighted by molar-refractivity contribution is 7.71. The van der Waals surface area contributed by atoms with Crippen molar-refractivity contribution in [2.45, 2.75) is 18.8 Å². The van der Waals surface area contributed by atoms with Gasteiger partial charge in [0.25, 0.3) is 0 Å². The van der Waals surface area contributed by atoms with Crippen molar-refractivity contribution < 1.29 is 4.74 Å². The Bertz CT molecular complexity index is 632. The first kappa shape index (κ1) is 11.4. The number of nitrogens with zero attached hydrogens (tertiary/aromatic N) is 1. The zero-order valence-corrected chi connectivity index (χ0v) is 11.0. The summed E-state index contributed by atoms with van der Waals surface area (Å²) < 4.78 is 6.02. The first-order valence-corrected chi connectivity index (χ1v) is 6.43. The molecule has 1 heterocycles. The van der Waals surface area contributed by atoms with E-state index in [9.17, 15) is 0 Å². The molecule has 1 aromatic carbocycles. The zero-order chi connectivity index (χ0) is 12.5. The van der Waals surface area contributed by atoms with E-state index in [0.29, 0.717) is 10.6 Å². The van der Waals surface area contributed by atoms with Gasteiger partial charge >= 0.3 is 0 Å². The minimum absolute atomic E-state index is 0.557. The van der Waals surface area contributed by atoms with Gasteiger partial charge in [0, 0.05) is 11.5 Å². The molecule has 4 heteroatoms. The molecule has 0 radical (unpaired) electrons. The maximum atomic E-state index is 5.38. The van der Waals surface area contributed by atoms with Crippen LogP contribution in [0.2, 0.25) is 0 Å². The molecule has 1 aromatic heterocycles. The summed E-state index contributed by atoms with van der Waals surface area (Å²) >= 11 is 5.24. The normalized spacial score (nSPS) is 14.5. The fourth-order valence-corrected chi connectivity index (χ4v) is 2.26. The van der Waals surface area contributed by atoms with Crippen LogP contribution in [0.4, 0.5) is 0 Å². The van der Waals surface area contributed by atoms with Crippen molar-refractivity contribution in [2.24, 2.45) is 0 Å². The van der Waals surface area contributed by atoms with Crippen LogP contribution < -0.4 is 4.74 Å². The Morgan fingerprint density at radius 1 is 1.33 bits per heavy atom. The maximum absolute atomic E-state index is 5.38. The number of benzene rings is 1. The molecule has 1 aliphatic rings. The summed E-state index contributed by atoms with van der Waals surface area (Å²) in [7, 11) is 1.68. The number of para-hydroxylation sites is 1. The van der Waals surface area contributed by atoms with E-state index >= 15 is 0 Å². The van der Waals surface area contributed by atoms with E-state index in [0.717, 1.165) is 22.8 Å². The lowest BCUT2D eigenvalue weighted by Crippen LogP contribution is -1.96. The predicted octanol–water partition coefficient (Wildman–Crippen LogP) is 3.69. The average molecular weight is 258 g/mol. The molecule has 0 saturated heterocycles. The molecule has 2 aromatic rings. The van der Waals surface area contributed by atoms with Crippen LogP contribution in [0.3, 0.4) is 0 Å². The molecule has 1 saturated carbocycles. The van der Waals surface area contributed by atoms with Crippen LogP contribution in [-0.2, 0) is 0 Å². The first-order chi connectivity index (χ1) is 8.78. The van der Waals surface area contributed by atoms with Crippen LogP contribution in [0, 0.1) is 4.64 Å². The summed E-state index contributed by atoms with van der Waals surface area (Å²) in [5.74, 6) is 2.40. The molecule has 0 unspecified atom stereocenters. The van der Waals surface area contributed by atoms with Crippen LogP contribution in [0.5, 0.6) is 5.75 Å². The maximum Gasteiger partial charge on any atom is 0.130 e. The van der Waals surface area contributed by atoms with Crippen molar-refractivity contribution in [1.29, 1.82) is 0 Å². The Hall–Kier alpha value is -1.68. The molecule has 18 heavy (non-hydrogen) atoms. The summed E-state index contributed by atoms with van der Waals surface area (Å²) in [5.41, 5.74) is 2.00. The van der Waals surface area contributed by atoms with Gasteiger partial charge in [0.2, 0.25) is 0 Å². The van der Waals surface area contributed by atoms with Crippen molar-refractivity contribution in [2.75, 3.05) is 7.11 Å². The third-order valence-corrected chi connectivity index (χ3v) is 3.33. The van der Waals surface area contributed by atoms with Gasteiger partial charge in [0.15, 0.2) is 0 Å². The molecule has 1 aliphatic carbocycles. The van der Waals surface area contributed by atoms with Crippen LogP contribution in [-0.4, -0.2) is 17.1 Å². The lowest BCUT2D eigenvalue weighted by atomic mass is 10.1. The van der Waals surface area contributed by atoms with Crippen molar-refractivity contribution in [3.63, 3.8) is 0 Å². The molecular weight excluding hydrogens is 244 g/mol. The lowest BCUT2D eigenvalue weighted by molar-refractivity contribution is 0.416. The second-order valence-electron chi connectivity index (χ2n) is 4.49. The molecule has 0 atom stereocenters. The Morgan fingerprint density at radius 3 is 2.83 bits per heavy atom. The Morgan fingerprint density at radius 2 is 2.11 bits per heavy atom. The van der Waals surface area contributed by atoms with E-state index in [4.69, 9.17) is 17.0 Å². The van der Waals surface area contributed by atoms with Gasteiger partial charge in [-0.05, 0) is 31.0 Å². The lowest BCUT2D eigenvalue weighted by Gasteiger charge is -2.09. The molecule has 3 rings (SSSR count). The van der Waals surface area contributed by atoms with Gasteiger partial charge in [0.1, 0.15) is 16.2 Å². The second-order valence-corrected chi connectivity index (χ2v) is 4.91. The monoisotopic (exact) mass is 258 g/mol. The van der Waals surface area contributed by atoms with Gasteiger partial charge in [0.05, 0.1) is 12.8 Å². The molecule has 1 fully saturated rings. The number of nitrogens with one attached hydrogen (secondary N) is 1. The fraction of sp³-hybridized carbons (Fsp3) is 0.286. The van der Waals surface area contributed by atoms with Gasteiger partial charge in [-0.15, -0.1) is 0 Å². The molecule has 92 valence electrons. The highest BCUT2D eigenvalue weighted by Gasteiger charge is 2.26. The third kappa shape index (κ3) is 2.16. The Kier molecular flexibility index (Phi) is 2.88. The van der Waals surface area contributed by atoms with Crippen LogP contribution in [0.1, 0.15) is 24.6 Å². The highest BCUT2D eigenvalue weighted by Crippen LogP contribution is 2.39. The Balaban J connectivity index is 2.13. The fourth-order valence-electron chi connectivity index (χ4n) is 2.04. The molecule has 3 nitrogen and oxygen atoms in total. The average Bonchev–Trinajstić information content (AvgIpc) is 3.22. The van der Waals surface area contributed by atoms with Gasteiger partial charge in [-0.1, -0.05) is 24.4 Å². The molecule has 0 aliphatic heterocycles. The highest BCUT2D eigenvalue weighted by atomic mass is 32.1. The topological polar surface area (TPSA) is 37.9 Å². The number of aromatic nitrogens is 2. The molecule has 1 N–H and O–H groups in total. The van der Waals surface area contributed by atoms with E-state index in [-0.39, 0.29) is 0 Å². The summed E-state index contributed by atoms with van der Waals surface area (Å²) in [5, 5.41) is 0. The number of aromatic amines is 1. The largest absolute Gasteiger partial charge is 0.496 e. The zero-order valence-electron chi connectivity index (χ0n) is 10.1. The summed E-state index contributed by atoms with van der Waals surface area (Å²) in [4.78, 5) is 7.78. The number of rotatable bonds is 3. The van der Waals surface area contributed by atoms with Crippen molar-refractivity contribution in [3.8, 4) is 17.0 Å². The minimum Gasteiger partial charge on any atom is -0.496 e. The smallest absolute Gasteiger partial charge is 0.130 e. The van der Waals surface area contributed by atoms with Gasteiger partial charge in [-0.25, -0.2) is 4.98 Å². The SMILES string of the molecule is COc1ccccc1-c1cc(=S)nc(C2CC2)[nH]1. The quantitative estimate of drug-likeness (QED) is 0.853. The van der Waals surface area contributed by atoms with Crippen molar-refractivity contribution in [3.05, 3.63) is 40.8 Å². The van der Waals surface area contributed by atoms with Gasteiger partial charge < -0.3 is 9.72 Å². The van der Waals surface area contributed by atoms with Crippen molar-refractivity contribution in [1.82, 2.24) is 9.97 Å². The number of ether oxygens (including phenoxy) is 1. The van der Waals surface area contributed by atoms with Crippen LogP contribution >= 0.6 is 12.2 Å². The van der Waals surface area contributed by atoms with Crippen molar-refractivity contribution >= 4 is 12.2 Å². The number of methoxy groups -OCH3 is 1. The number of hydrogen-bond donors (Lipinski definition) is 1. The molecule has 0 bridgehead atoms. The van der Waals surface area contributed by atoms with E-state index < -0.39 is 0 Å². The molecule has 0 amide bonds. The minimum atomic E-state index is 0.557. The predicted molar refractivity (Wildman–Crippen MR) is 73.4 cm³/mol. The second kappa shape index (κ2) is 4.53. The first-order valence-electron chi connectivity index (χ1n) is 6.02. The van der Waals surface area contributed by atoms with E-state index in [1.54, 1.807) is 7.11 Å². The van der Waals surface area contributed by atoms with Crippen LogP contribution in [0.25, 0.3) is 11.3 Å². The van der Waals surface area contributed by atoms with Gasteiger partial charge in [-0.3, -0.25) is 0 Å². The van der Waals surface area contributed by atoms with E-state index in [1.807, 2.05) is 30.3 Å². The van der Waals surface area contributed by atoms with E-state index in [2.05, 4.69) is 9.97 Å². The van der Waals surface area contributed by atoms with E-state index in [1.165, 1.54) is 12.8 Å². The van der Waals surface area contributed by atoms with Crippen LogP contribution in [0.15, 0.2) is 30.3 Å². The third-order valence-electron chi connectivity index (χ3n) is 3.12.